The molecule has 0 spiro atoms. The van der Waals surface area contributed by atoms with Gasteiger partial charge in [-0.3, -0.25) is 4.79 Å². The average Bonchev–Trinajstić information content (AvgIpc) is 3.20. The fourth-order valence-electron chi connectivity index (χ4n) is 5.22. The van der Waals surface area contributed by atoms with Crippen LogP contribution in [0.4, 0.5) is 5.69 Å². The summed E-state index contributed by atoms with van der Waals surface area (Å²) in [6, 6.07) is 12.6. The van der Waals surface area contributed by atoms with Crippen LogP contribution in [-0.4, -0.2) is 44.7 Å². The van der Waals surface area contributed by atoms with Crippen LogP contribution in [0.15, 0.2) is 41.3 Å². The standard InChI is InChI=1S/C26H32N6O/c1-19-5-6-21-22(28-19)7-8-23-26(21)29-24(11-15-31-12-3-2-4-25(31)33)32(23)17-16-30-13-9-20(18-27)10-14-30/h2-4,7-8,12,19-20,28H,5-6,9-11,13-17H2,1H3/t19-/m0/s1. The first-order chi connectivity index (χ1) is 16.1. The molecule has 172 valence electrons. The van der Waals surface area contributed by atoms with Gasteiger partial charge in [0.15, 0.2) is 0 Å². The second-order valence-corrected chi connectivity index (χ2v) is 9.45. The van der Waals surface area contributed by atoms with Crippen LogP contribution in [0, 0.1) is 17.2 Å². The molecule has 1 atom stereocenters. The van der Waals surface area contributed by atoms with Crippen molar-refractivity contribution in [3.05, 3.63) is 58.3 Å². The number of nitrogens with zero attached hydrogens (tertiary/aromatic N) is 5. The molecule has 1 N–H and O–H groups in total. The maximum absolute atomic E-state index is 12.2. The van der Waals surface area contributed by atoms with Crippen LogP contribution in [0.5, 0.6) is 0 Å². The molecule has 2 aliphatic heterocycles. The monoisotopic (exact) mass is 444 g/mol. The topological polar surface area (TPSA) is 78.9 Å². The van der Waals surface area contributed by atoms with Crippen molar-refractivity contribution in [2.45, 2.75) is 58.2 Å². The van der Waals surface area contributed by atoms with Gasteiger partial charge >= 0.3 is 0 Å². The predicted molar refractivity (Wildman–Crippen MR) is 130 cm³/mol. The van der Waals surface area contributed by atoms with Crippen molar-refractivity contribution >= 4 is 16.7 Å². The summed E-state index contributed by atoms with van der Waals surface area (Å²) in [5, 5.41) is 12.8. The minimum absolute atomic E-state index is 0.0242. The van der Waals surface area contributed by atoms with E-state index < -0.39 is 0 Å². The van der Waals surface area contributed by atoms with Crippen LogP contribution >= 0.6 is 0 Å². The van der Waals surface area contributed by atoms with E-state index in [0.717, 1.165) is 63.2 Å². The third-order valence-corrected chi connectivity index (χ3v) is 7.22. The van der Waals surface area contributed by atoms with Crippen molar-refractivity contribution in [2.75, 3.05) is 25.0 Å². The number of benzene rings is 1. The van der Waals surface area contributed by atoms with Crippen molar-refractivity contribution in [3.8, 4) is 6.07 Å². The Kier molecular flexibility index (Phi) is 6.19. The van der Waals surface area contributed by atoms with Crippen molar-refractivity contribution in [3.63, 3.8) is 0 Å². The number of likely N-dealkylation sites (tertiary alicyclic amines) is 1. The molecule has 0 unspecified atom stereocenters. The van der Waals surface area contributed by atoms with Gasteiger partial charge in [0.1, 0.15) is 5.82 Å². The van der Waals surface area contributed by atoms with Gasteiger partial charge in [-0.1, -0.05) is 6.07 Å². The molecule has 0 saturated carbocycles. The fourth-order valence-corrected chi connectivity index (χ4v) is 5.22. The minimum atomic E-state index is 0.0242. The Bertz CT molecular complexity index is 1230. The number of hydrogen-bond donors (Lipinski definition) is 1. The van der Waals surface area contributed by atoms with Gasteiger partial charge in [0.25, 0.3) is 5.56 Å². The van der Waals surface area contributed by atoms with Gasteiger partial charge in [-0.15, -0.1) is 0 Å². The van der Waals surface area contributed by atoms with Gasteiger partial charge in [-0.25, -0.2) is 4.98 Å². The average molecular weight is 445 g/mol. The first-order valence-corrected chi connectivity index (χ1v) is 12.2. The lowest BCUT2D eigenvalue weighted by Gasteiger charge is -2.29. The summed E-state index contributed by atoms with van der Waals surface area (Å²) in [6.45, 7) is 6.63. The van der Waals surface area contributed by atoms with E-state index in [2.05, 4.69) is 39.9 Å². The largest absolute Gasteiger partial charge is 0.382 e. The molecule has 1 fully saturated rings. The first-order valence-electron chi connectivity index (χ1n) is 12.2. The highest BCUT2D eigenvalue weighted by Crippen LogP contribution is 2.32. The van der Waals surface area contributed by atoms with Crippen LogP contribution in [-0.2, 0) is 25.9 Å². The summed E-state index contributed by atoms with van der Waals surface area (Å²) in [6.07, 6.45) is 6.64. The number of hydrogen-bond acceptors (Lipinski definition) is 5. The Morgan fingerprint density at radius 3 is 2.76 bits per heavy atom. The number of nitrogens with one attached hydrogen (secondary N) is 1. The molecule has 7 heteroatoms. The van der Waals surface area contributed by atoms with Crippen LogP contribution in [0.1, 0.15) is 37.6 Å². The third-order valence-electron chi connectivity index (χ3n) is 7.22. The van der Waals surface area contributed by atoms with Crippen LogP contribution in [0.3, 0.4) is 0 Å². The molecule has 0 bridgehead atoms. The number of pyridine rings is 1. The molecule has 0 aliphatic carbocycles. The fraction of sp³-hybridized carbons (Fsp3) is 0.500. The minimum Gasteiger partial charge on any atom is -0.382 e. The van der Waals surface area contributed by atoms with Crippen molar-refractivity contribution in [1.82, 2.24) is 19.0 Å². The van der Waals surface area contributed by atoms with E-state index in [9.17, 15) is 10.1 Å². The van der Waals surface area contributed by atoms with Crippen molar-refractivity contribution in [2.24, 2.45) is 5.92 Å². The predicted octanol–water partition coefficient (Wildman–Crippen LogP) is 3.42. The first kappa shape index (κ1) is 21.7. The normalized spacial score (nSPS) is 19.2. The quantitative estimate of drug-likeness (QED) is 0.630. The Balaban J connectivity index is 1.43. The van der Waals surface area contributed by atoms with Gasteiger partial charge in [0.2, 0.25) is 0 Å². The summed E-state index contributed by atoms with van der Waals surface area (Å²) in [5.41, 5.74) is 4.83. The van der Waals surface area contributed by atoms with Crippen LogP contribution < -0.4 is 10.9 Å². The number of aryl methyl sites for hydroxylation is 3. The summed E-state index contributed by atoms with van der Waals surface area (Å²) in [5.74, 6) is 1.25. The maximum Gasteiger partial charge on any atom is 0.250 e. The summed E-state index contributed by atoms with van der Waals surface area (Å²) in [4.78, 5) is 19.8. The van der Waals surface area contributed by atoms with E-state index in [4.69, 9.17) is 4.98 Å². The Hall–Kier alpha value is -3.11. The molecule has 4 heterocycles. The van der Waals surface area contributed by atoms with Crippen LogP contribution in [0.2, 0.25) is 0 Å². The zero-order chi connectivity index (χ0) is 22.8. The molecular weight excluding hydrogens is 412 g/mol. The number of aromatic nitrogens is 3. The highest BCUT2D eigenvalue weighted by molar-refractivity contribution is 5.86. The van der Waals surface area contributed by atoms with E-state index in [1.165, 1.54) is 16.8 Å². The van der Waals surface area contributed by atoms with Gasteiger partial charge < -0.3 is 19.4 Å². The highest BCUT2D eigenvalue weighted by Gasteiger charge is 2.22. The van der Waals surface area contributed by atoms with Crippen molar-refractivity contribution in [1.29, 1.82) is 5.26 Å². The molecule has 2 aliphatic rings. The van der Waals surface area contributed by atoms with Gasteiger partial charge in [-0.2, -0.15) is 5.26 Å². The zero-order valence-electron chi connectivity index (χ0n) is 19.3. The second-order valence-electron chi connectivity index (χ2n) is 9.45. The molecule has 1 aromatic carbocycles. The molecule has 0 amide bonds. The molecule has 0 radical (unpaired) electrons. The Labute approximate surface area is 194 Å². The number of rotatable bonds is 6. The lowest BCUT2D eigenvalue weighted by Crippen LogP contribution is -2.35. The smallest absolute Gasteiger partial charge is 0.250 e. The lowest BCUT2D eigenvalue weighted by atomic mass is 9.97. The van der Waals surface area contributed by atoms with E-state index >= 15 is 0 Å². The number of anilines is 1. The number of imidazole rings is 1. The van der Waals surface area contributed by atoms with Crippen molar-refractivity contribution < 1.29 is 0 Å². The summed E-state index contributed by atoms with van der Waals surface area (Å²) in [7, 11) is 0. The molecule has 33 heavy (non-hydrogen) atoms. The zero-order valence-corrected chi connectivity index (χ0v) is 19.3. The number of piperidine rings is 1. The van der Waals surface area contributed by atoms with E-state index in [-0.39, 0.29) is 11.5 Å². The van der Waals surface area contributed by atoms with Gasteiger partial charge in [0.05, 0.1) is 17.1 Å². The maximum atomic E-state index is 12.2. The lowest BCUT2D eigenvalue weighted by molar-refractivity contribution is 0.199. The Morgan fingerprint density at radius 2 is 1.97 bits per heavy atom. The second kappa shape index (κ2) is 9.40. The third kappa shape index (κ3) is 4.53. The van der Waals surface area contributed by atoms with E-state index in [1.807, 2.05) is 12.3 Å². The SMILES string of the molecule is C[C@H]1CCc2c(ccc3c2nc(CCn2ccccc2=O)n3CCN2CCC(C#N)CC2)N1. The Morgan fingerprint density at radius 1 is 1.12 bits per heavy atom. The number of nitriles is 1. The molecule has 7 nitrogen and oxygen atoms in total. The van der Waals surface area contributed by atoms with Gasteiger partial charge in [0, 0.05) is 61.5 Å². The number of fused-ring (bicyclic) bond motifs is 3. The molecule has 5 rings (SSSR count). The van der Waals surface area contributed by atoms with E-state index in [0.29, 0.717) is 19.0 Å². The van der Waals surface area contributed by atoms with Gasteiger partial charge in [-0.05, 0) is 63.9 Å². The molecular formula is C26H32N6O. The molecule has 3 aromatic rings. The molecule has 1 saturated heterocycles. The summed E-state index contributed by atoms with van der Waals surface area (Å²) < 4.78 is 4.12. The summed E-state index contributed by atoms with van der Waals surface area (Å²) >= 11 is 0. The highest BCUT2D eigenvalue weighted by atomic mass is 16.1. The van der Waals surface area contributed by atoms with E-state index in [1.54, 1.807) is 16.7 Å². The molecule has 2 aromatic heterocycles. The van der Waals surface area contributed by atoms with Crippen LogP contribution in [0.25, 0.3) is 11.0 Å².